The van der Waals surface area contributed by atoms with Crippen LogP contribution in [0.25, 0.3) is 6.08 Å². The number of halogens is 4. The molecular weight excluding hydrogens is 208 g/mol. The molecule has 0 fully saturated rings. The summed E-state index contributed by atoms with van der Waals surface area (Å²) in [7, 11) is 0. The molecule has 1 aliphatic rings. The molecule has 0 spiro atoms. The molecule has 2 rings (SSSR count). The van der Waals surface area contributed by atoms with Gasteiger partial charge in [-0.3, -0.25) is 0 Å². The zero-order chi connectivity index (χ0) is 11.4. The summed E-state index contributed by atoms with van der Waals surface area (Å²) in [6, 6.07) is 0. The first-order valence-corrected chi connectivity index (χ1v) is 4.42. The van der Waals surface area contributed by atoms with Crippen molar-refractivity contribution in [3.8, 4) is 0 Å². The highest BCUT2D eigenvalue weighted by Gasteiger charge is 2.37. The summed E-state index contributed by atoms with van der Waals surface area (Å²) < 4.78 is 53.8. The molecule has 1 aliphatic carbocycles. The third-order valence-electron chi connectivity index (χ3n) is 2.63. The van der Waals surface area contributed by atoms with Gasteiger partial charge in [-0.25, -0.2) is 17.6 Å². The average molecular weight is 216 g/mol. The lowest BCUT2D eigenvalue weighted by Crippen LogP contribution is -2.14. The lowest BCUT2D eigenvalue weighted by molar-refractivity contribution is 0.255. The molecule has 0 aliphatic heterocycles. The normalized spacial score (nSPS) is 23.3. The van der Waals surface area contributed by atoms with Gasteiger partial charge in [0.15, 0.2) is 17.3 Å². The van der Waals surface area contributed by atoms with Crippen molar-refractivity contribution in [1.29, 1.82) is 0 Å². The topological polar surface area (TPSA) is 0 Å². The van der Waals surface area contributed by atoms with Gasteiger partial charge in [-0.05, 0) is 19.9 Å². The third kappa shape index (κ3) is 1.20. The van der Waals surface area contributed by atoms with Gasteiger partial charge < -0.3 is 0 Å². The van der Waals surface area contributed by atoms with Crippen LogP contribution in [0.15, 0.2) is 6.08 Å². The Hall–Kier alpha value is -1.32. The van der Waals surface area contributed by atoms with E-state index < -0.39 is 34.2 Å². The second-order valence-corrected chi connectivity index (χ2v) is 3.76. The highest BCUT2D eigenvalue weighted by molar-refractivity contribution is 5.65. The molecule has 80 valence electrons. The van der Waals surface area contributed by atoms with E-state index in [0.29, 0.717) is 0 Å². The largest absolute Gasteiger partial charge is 0.234 e. The van der Waals surface area contributed by atoms with E-state index in [9.17, 15) is 17.6 Å². The second-order valence-electron chi connectivity index (χ2n) is 3.76. The van der Waals surface area contributed by atoms with Crippen LogP contribution in [-0.2, 0) is 5.67 Å². The molecule has 1 atom stereocenters. The summed E-state index contributed by atoms with van der Waals surface area (Å²) in [5, 5.41) is 0. The highest BCUT2D eigenvalue weighted by atomic mass is 19.2. The SMILES string of the molecule is Cc1c(F)c(F)c2c(c1F)C=CC2(C)F. The number of benzene rings is 1. The summed E-state index contributed by atoms with van der Waals surface area (Å²) in [5.74, 6) is -3.53. The molecule has 0 heterocycles. The molecule has 0 amide bonds. The molecule has 15 heavy (non-hydrogen) atoms. The summed E-state index contributed by atoms with van der Waals surface area (Å²) in [4.78, 5) is 0. The maximum Gasteiger partial charge on any atom is 0.166 e. The fraction of sp³-hybridized carbons (Fsp3) is 0.273. The molecule has 0 nitrogen and oxygen atoms in total. The number of hydrogen-bond acceptors (Lipinski definition) is 0. The van der Waals surface area contributed by atoms with Gasteiger partial charge in [-0.2, -0.15) is 0 Å². The second kappa shape index (κ2) is 2.84. The quantitative estimate of drug-likeness (QED) is 0.459. The van der Waals surface area contributed by atoms with E-state index >= 15 is 0 Å². The maximum absolute atomic E-state index is 13.7. The van der Waals surface area contributed by atoms with Crippen LogP contribution in [0.1, 0.15) is 23.6 Å². The number of rotatable bonds is 0. The van der Waals surface area contributed by atoms with Crippen LogP contribution >= 0.6 is 0 Å². The third-order valence-corrected chi connectivity index (χ3v) is 2.63. The number of alkyl halides is 1. The van der Waals surface area contributed by atoms with Crippen molar-refractivity contribution < 1.29 is 17.6 Å². The Morgan fingerprint density at radius 2 is 1.67 bits per heavy atom. The number of fused-ring (bicyclic) bond motifs is 1. The van der Waals surface area contributed by atoms with E-state index in [4.69, 9.17) is 0 Å². The standard InChI is InChI=1S/C11H8F4/c1-5-8(12)6-3-4-11(2,15)7(6)10(14)9(5)13/h3-4H,1-2H3. The molecule has 0 N–H and O–H groups in total. The predicted octanol–water partition coefficient (Wildman–Crippen LogP) is 3.62. The first kappa shape index (κ1) is 10.2. The van der Waals surface area contributed by atoms with Crippen molar-refractivity contribution in [2.45, 2.75) is 19.5 Å². The number of hydrogen-bond donors (Lipinski definition) is 0. The van der Waals surface area contributed by atoms with Crippen LogP contribution in [0.2, 0.25) is 0 Å². The van der Waals surface area contributed by atoms with Gasteiger partial charge in [0, 0.05) is 16.7 Å². The Bertz CT molecular complexity index is 472. The lowest BCUT2D eigenvalue weighted by Gasteiger charge is -2.16. The Balaban J connectivity index is 2.87. The van der Waals surface area contributed by atoms with Crippen LogP contribution < -0.4 is 0 Å². The fourth-order valence-electron chi connectivity index (χ4n) is 1.76. The first-order chi connectivity index (χ1) is 6.86. The van der Waals surface area contributed by atoms with Gasteiger partial charge in [0.25, 0.3) is 0 Å². The van der Waals surface area contributed by atoms with Crippen molar-refractivity contribution in [2.24, 2.45) is 0 Å². The maximum atomic E-state index is 13.7. The summed E-state index contributed by atoms with van der Waals surface area (Å²) in [6.45, 7) is 2.18. The van der Waals surface area contributed by atoms with Crippen LogP contribution in [0, 0.1) is 24.4 Å². The summed E-state index contributed by atoms with van der Waals surface area (Å²) in [5.41, 5.74) is -3.32. The monoisotopic (exact) mass is 216 g/mol. The molecule has 0 aromatic heterocycles. The van der Waals surface area contributed by atoms with Crippen molar-refractivity contribution in [1.82, 2.24) is 0 Å². The van der Waals surface area contributed by atoms with Gasteiger partial charge in [0.1, 0.15) is 5.82 Å². The van der Waals surface area contributed by atoms with Crippen molar-refractivity contribution in [2.75, 3.05) is 0 Å². The Labute approximate surface area is 84.2 Å². The highest BCUT2D eigenvalue weighted by Crippen LogP contribution is 2.41. The summed E-state index contributed by atoms with van der Waals surface area (Å²) in [6.07, 6.45) is 2.16. The van der Waals surface area contributed by atoms with Gasteiger partial charge in [-0.1, -0.05) is 6.08 Å². The average Bonchev–Trinajstić information content (AvgIpc) is 2.48. The molecule has 0 bridgehead atoms. The molecule has 1 aromatic rings. The van der Waals surface area contributed by atoms with Gasteiger partial charge in [0.05, 0.1) is 0 Å². The van der Waals surface area contributed by atoms with Crippen LogP contribution in [0.5, 0.6) is 0 Å². The van der Waals surface area contributed by atoms with Gasteiger partial charge in [-0.15, -0.1) is 0 Å². The minimum atomic E-state index is -2.14. The lowest BCUT2D eigenvalue weighted by atomic mass is 9.96. The van der Waals surface area contributed by atoms with E-state index in [-0.39, 0.29) is 5.56 Å². The first-order valence-electron chi connectivity index (χ1n) is 4.42. The zero-order valence-corrected chi connectivity index (χ0v) is 8.17. The molecule has 0 saturated carbocycles. The fourth-order valence-corrected chi connectivity index (χ4v) is 1.76. The minimum Gasteiger partial charge on any atom is -0.234 e. The van der Waals surface area contributed by atoms with E-state index in [1.165, 1.54) is 0 Å². The molecule has 1 aromatic carbocycles. The van der Waals surface area contributed by atoms with E-state index in [2.05, 4.69) is 0 Å². The smallest absolute Gasteiger partial charge is 0.166 e. The van der Waals surface area contributed by atoms with E-state index in [0.717, 1.165) is 26.0 Å². The molecule has 4 heteroatoms. The Kier molecular flexibility index (Phi) is 1.93. The predicted molar refractivity (Wildman–Crippen MR) is 48.5 cm³/mol. The van der Waals surface area contributed by atoms with Crippen molar-refractivity contribution in [3.63, 3.8) is 0 Å². The zero-order valence-electron chi connectivity index (χ0n) is 8.17. The van der Waals surface area contributed by atoms with E-state index in [1.54, 1.807) is 0 Å². The minimum absolute atomic E-state index is 0.198. The Morgan fingerprint density at radius 3 is 2.27 bits per heavy atom. The van der Waals surface area contributed by atoms with Crippen LogP contribution in [0.3, 0.4) is 0 Å². The molecule has 0 saturated heterocycles. The van der Waals surface area contributed by atoms with Gasteiger partial charge >= 0.3 is 0 Å². The van der Waals surface area contributed by atoms with Gasteiger partial charge in [0.2, 0.25) is 0 Å². The van der Waals surface area contributed by atoms with E-state index in [1.807, 2.05) is 0 Å². The molecule has 1 unspecified atom stereocenters. The van der Waals surface area contributed by atoms with Crippen LogP contribution in [0.4, 0.5) is 17.6 Å². The summed E-state index contributed by atoms with van der Waals surface area (Å²) >= 11 is 0. The van der Waals surface area contributed by atoms with Crippen molar-refractivity contribution >= 4 is 6.08 Å². The molecular formula is C11H8F4. The molecule has 0 radical (unpaired) electrons. The van der Waals surface area contributed by atoms with Crippen LogP contribution in [-0.4, -0.2) is 0 Å². The van der Waals surface area contributed by atoms with Crippen molar-refractivity contribution in [3.05, 3.63) is 40.2 Å². The number of allylic oxidation sites excluding steroid dienone is 1. The Morgan fingerprint density at radius 1 is 1.07 bits per heavy atom.